The molecule has 0 spiro atoms. The molecular weight excluding hydrogens is 346 g/mol. The molecule has 0 unspecified atom stereocenters. The van der Waals surface area contributed by atoms with Crippen molar-refractivity contribution in [1.29, 1.82) is 0 Å². The third-order valence-corrected chi connectivity index (χ3v) is 5.73. The van der Waals surface area contributed by atoms with Crippen LogP contribution in [0.4, 0.5) is 5.00 Å². The molecule has 1 saturated carbocycles. The van der Waals surface area contributed by atoms with Gasteiger partial charge in [0.15, 0.2) is 0 Å². The summed E-state index contributed by atoms with van der Waals surface area (Å²) >= 11 is 7.50. The number of carbonyl (C=O) groups is 2. The molecule has 0 radical (unpaired) electrons. The van der Waals surface area contributed by atoms with Crippen LogP contribution in [0.3, 0.4) is 0 Å². The van der Waals surface area contributed by atoms with Gasteiger partial charge in [0.2, 0.25) is 0 Å². The quantitative estimate of drug-likeness (QED) is 0.764. The van der Waals surface area contributed by atoms with E-state index >= 15 is 0 Å². The van der Waals surface area contributed by atoms with Gasteiger partial charge in [-0.2, -0.15) is 0 Å². The maximum Gasteiger partial charge on any atom is 0.339 e. The van der Waals surface area contributed by atoms with Gasteiger partial charge >= 0.3 is 5.97 Å². The fourth-order valence-electron chi connectivity index (χ4n) is 3.24. The highest BCUT2D eigenvalue weighted by Crippen LogP contribution is 2.46. The van der Waals surface area contributed by atoms with E-state index in [-0.39, 0.29) is 17.4 Å². The van der Waals surface area contributed by atoms with Crippen LogP contribution in [0, 0.1) is 0 Å². The summed E-state index contributed by atoms with van der Waals surface area (Å²) in [5.41, 5.74) is 1.33. The first-order valence-electron chi connectivity index (χ1n) is 7.99. The molecule has 2 N–H and O–H groups in total. The normalized spacial score (nSPS) is 15.2. The Balaban J connectivity index is 1.93. The van der Waals surface area contributed by atoms with Crippen LogP contribution >= 0.6 is 22.9 Å². The van der Waals surface area contributed by atoms with Gasteiger partial charge in [-0.1, -0.05) is 49.1 Å². The minimum atomic E-state index is -1.04. The van der Waals surface area contributed by atoms with Crippen molar-refractivity contribution in [2.45, 2.75) is 38.0 Å². The molecule has 3 rings (SSSR count). The first kappa shape index (κ1) is 17.0. The highest BCUT2D eigenvalue weighted by atomic mass is 35.5. The molecule has 6 heteroatoms. The highest BCUT2D eigenvalue weighted by molar-refractivity contribution is 7.20. The van der Waals surface area contributed by atoms with Crippen molar-refractivity contribution >= 4 is 39.8 Å². The Hall–Kier alpha value is -1.85. The second-order valence-electron chi connectivity index (χ2n) is 5.95. The predicted octanol–water partition coefficient (Wildman–Crippen LogP) is 5.40. The van der Waals surface area contributed by atoms with Gasteiger partial charge in [0.25, 0.3) is 5.91 Å². The number of halogens is 1. The Morgan fingerprint density at radius 2 is 1.79 bits per heavy atom. The zero-order valence-electron chi connectivity index (χ0n) is 13.0. The van der Waals surface area contributed by atoms with Gasteiger partial charge in [-0.3, -0.25) is 4.79 Å². The monoisotopic (exact) mass is 363 g/mol. The summed E-state index contributed by atoms with van der Waals surface area (Å²) in [6.45, 7) is 0. The van der Waals surface area contributed by atoms with Crippen LogP contribution in [-0.4, -0.2) is 17.0 Å². The number of benzene rings is 1. The number of carbonyl (C=O) groups excluding carboxylic acids is 1. The van der Waals surface area contributed by atoms with Crippen LogP contribution in [0.15, 0.2) is 30.3 Å². The SMILES string of the molecule is O=C(Nc1sc(Cl)c(C2CCCCC2)c1C(=O)O)c1ccccc1. The molecule has 0 atom stereocenters. The lowest BCUT2D eigenvalue weighted by Crippen LogP contribution is -2.15. The Morgan fingerprint density at radius 3 is 2.42 bits per heavy atom. The molecule has 1 aromatic carbocycles. The lowest BCUT2D eigenvalue weighted by molar-refractivity contribution is 0.0696. The van der Waals surface area contributed by atoms with Gasteiger partial charge in [-0.15, -0.1) is 11.3 Å². The van der Waals surface area contributed by atoms with E-state index in [4.69, 9.17) is 11.6 Å². The summed E-state index contributed by atoms with van der Waals surface area (Å²) in [6.07, 6.45) is 5.24. The second-order valence-corrected chi connectivity index (χ2v) is 7.58. The fourth-order valence-corrected chi connectivity index (χ4v) is 4.72. The largest absolute Gasteiger partial charge is 0.478 e. The minimum absolute atomic E-state index is 0.154. The lowest BCUT2D eigenvalue weighted by Gasteiger charge is -2.22. The number of anilines is 1. The van der Waals surface area contributed by atoms with E-state index in [0.29, 0.717) is 20.5 Å². The zero-order valence-corrected chi connectivity index (χ0v) is 14.6. The number of thiophene rings is 1. The van der Waals surface area contributed by atoms with Crippen LogP contribution in [0.1, 0.15) is 64.3 Å². The molecular formula is C18H18ClNO3S. The number of nitrogens with one attached hydrogen (secondary N) is 1. The summed E-state index contributed by atoms with van der Waals surface area (Å²) in [5.74, 6) is -1.20. The number of rotatable bonds is 4. The molecule has 1 fully saturated rings. The third-order valence-electron chi connectivity index (χ3n) is 4.39. The first-order valence-corrected chi connectivity index (χ1v) is 9.19. The molecule has 1 aliphatic rings. The van der Waals surface area contributed by atoms with E-state index in [2.05, 4.69) is 5.32 Å². The second kappa shape index (κ2) is 7.36. The van der Waals surface area contributed by atoms with Gasteiger partial charge in [-0.25, -0.2) is 4.79 Å². The summed E-state index contributed by atoms with van der Waals surface area (Å²) in [5, 5.41) is 12.7. The van der Waals surface area contributed by atoms with E-state index in [1.54, 1.807) is 24.3 Å². The summed E-state index contributed by atoms with van der Waals surface area (Å²) < 4.78 is 0.475. The molecule has 1 aliphatic carbocycles. The van der Waals surface area contributed by atoms with E-state index in [1.165, 1.54) is 6.42 Å². The number of hydrogen-bond donors (Lipinski definition) is 2. The van der Waals surface area contributed by atoms with Crippen molar-refractivity contribution in [3.63, 3.8) is 0 Å². The van der Waals surface area contributed by atoms with Crippen molar-refractivity contribution < 1.29 is 14.7 Å². The van der Waals surface area contributed by atoms with Gasteiger partial charge in [-0.05, 0) is 30.9 Å². The van der Waals surface area contributed by atoms with Crippen LogP contribution in [-0.2, 0) is 0 Å². The van der Waals surface area contributed by atoms with Crippen molar-refractivity contribution in [2.75, 3.05) is 5.32 Å². The minimum Gasteiger partial charge on any atom is -0.478 e. The Morgan fingerprint density at radius 1 is 1.12 bits per heavy atom. The third kappa shape index (κ3) is 3.47. The van der Waals surface area contributed by atoms with Crippen LogP contribution in [0.2, 0.25) is 4.34 Å². The van der Waals surface area contributed by atoms with Gasteiger partial charge in [0.05, 0.1) is 9.90 Å². The topological polar surface area (TPSA) is 66.4 Å². The number of aromatic carboxylic acids is 1. The number of hydrogen-bond acceptors (Lipinski definition) is 3. The summed E-state index contributed by atoms with van der Waals surface area (Å²) in [4.78, 5) is 24.2. The highest BCUT2D eigenvalue weighted by Gasteiger charge is 2.30. The standard InChI is InChI=1S/C18H18ClNO3S/c19-15-13(11-7-3-1-4-8-11)14(18(22)23)17(24-15)20-16(21)12-9-5-2-6-10-12/h2,5-6,9-11H,1,3-4,7-8H2,(H,20,21)(H,22,23). The van der Waals surface area contributed by atoms with E-state index in [9.17, 15) is 14.7 Å². The maximum atomic E-state index is 12.3. The molecule has 1 heterocycles. The molecule has 0 aliphatic heterocycles. The maximum absolute atomic E-state index is 12.3. The average molecular weight is 364 g/mol. The molecule has 0 bridgehead atoms. The number of carboxylic acid groups (broad SMARTS) is 1. The predicted molar refractivity (Wildman–Crippen MR) is 96.5 cm³/mol. The Labute approximate surface area is 149 Å². The van der Waals surface area contributed by atoms with Gasteiger partial charge < -0.3 is 10.4 Å². The molecule has 1 amide bonds. The smallest absolute Gasteiger partial charge is 0.339 e. The van der Waals surface area contributed by atoms with Crippen molar-refractivity contribution in [3.8, 4) is 0 Å². The lowest BCUT2D eigenvalue weighted by atomic mass is 9.83. The van der Waals surface area contributed by atoms with E-state index in [0.717, 1.165) is 37.0 Å². The molecule has 2 aromatic rings. The van der Waals surface area contributed by atoms with Crippen LogP contribution < -0.4 is 5.32 Å². The molecule has 0 saturated heterocycles. The Bertz CT molecular complexity index is 751. The van der Waals surface area contributed by atoms with Gasteiger partial charge in [0.1, 0.15) is 5.00 Å². The number of amides is 1. The van der Waals surface area contributed by atoms with Crippen LogP contribution in [0.5, 0.6) is 0 Å². The van der Waals surface area contributed by atoms with Crippen LogP contribution in [0.25, 0.3) is 0 Å². The average Bonchev–Trinajstić information content (AvgIpc) is 2.92. The van der Waals surface area contributed by atoms with E-state index in [1.807, 2.05) is 6.07 Å². The summed E-state index contributed by atoms with van der Waals surface area (Å²) in [6, 6.07) is 8.73. The van der Waals surface area contributed by atoms with Crippen molar-refractivity contribution in [3.05, 3.63) is 51.4 Å². The fraction of sp³-hybridized carbons (Fsp3) is 0.333. The molecule has 24 heavy (non-hydrogen) atoms. The number of carboxylic acids is 1. The molecule has 1 aromatic heterocycles. The van der Waals surface area contributed by atoms with Crippen molar-refractivity contribution in [1.82, 2.24) is 0 Å². The van der Waals surface area contributed by atoms with E-state index < -0.39 is 5.97 Å². The summed E-state index contributed by atoms with van der Waals surface area (Å²) in [7, 11) is 0. The van der Waals surface area contributed by atoms with Crippen molar-refractivity contribution in [2.24, 2.45) is 0 Å². The molecule has 4 nitrogen and oxygen atoms in total. The zero-order chi connectivity index (χ0) is 17.1. The van der Waals surface area contributed by atoms with Gasteiger partial charge in [0, 0.05) is 11.1 Å². The Kier molecular flexibility index (Phi) is 5.21. The molecule has 126 valence electrons. The first-order chi connectivity index (χ1) is 11.6.